The van der Waals surface area contributed by atoms with Gasteiger partial charge in [-0.15, -0.1) is 11.3 Å². The van der Waals surface area contributed by atoms with E-state index in [0.29, 0.717) is 0 Å². The summed E-state index contributed by atoms with van der Waals surface area (Å²) in [6, 6.07) is 10.2. The molecule has 0 aliphatic carbocycles. The van der Waals surface area contributed by atoms with Gasteiger partial charge in [0, 0.05) is 12.2 Å². The zero-order chi connectivity index (χ0) is 16.5. The molecular weight excluding hydrogens is 338 g/mol. The number of rotatable bonds is 3. The summed E-state index contributed by atoms with van der Waals surface area (Å²) in [6.07, 6.45) is 3.64. The number of benzene rings is 1. The van der Waals surface area contributed by atoms with Crippen LogP contribution in [0.3, 0.4) is 0 Å². The predicted molar refractivity (Wildman–Crippen MR) is 99.9 cm³/mol. The lowest BCUT2D eigenvalue weighted by Crippen LogP contribution is -2.40. The average Bonchev–Trinajstić information content (AvgIpc) is 3.10. The van der Waals surface area contributed by atoms with Crippen molar-refractivity contribution >= 4 is 44.9 Å². The molecule has 3 aromatic rings. The number of thioether (sulfide) groups is 1. The third kappa shape index (κ3) is 2.80. The van der Waals surface area contributed by atoms with E-state index in [1.807, 2.05) is 41.5 Å². The fraction of sp³-hybridized carbons (Fsp3) is 0.278. The van der Waals surface area contributed by atoms with Crippen LogP contribution in [-0.4, -0.2) is 27.7 Å². The Hall–Kier alpha value is -1.92. The molecule has 3 heterocycles. The van der Waals surface area contributed by atoms with Gasteiger partial charge in [-0.3, -0.25) is 4.79 Å². The van der Waals surface area contributed by atoms with Gasteiger partial charge >= 0.3 is 0 Å². The van der Waals surface area contributed by atoms with Crippen molar-refractivity contribution in [1.29, 1.82) is 0 Å². The summed E-state index contributed by atoms with van der Waals surface area (Å²) in [6.45, 7) is 2.75. The molecular formula is C18H17N3OS2. The van der Waals surface area contributed by atoms with Crippen molar-refractivity contribution < 1.29 is 4.79 Å². The van der Waals surface area contributed by atoms with E-state index in [1.54, 1.807) is 17.7 Å². The number of hydrogen-bond donors (Lipinski definition) is 0. The Balaban J connectivity index is 1.58. The lowest BCUT2D eigenvalue weighted by atomic mass is 10.0. The van der Waals surface area contributed by atoms with E-state index in [-0.39, 0.29) is 11.2 Å². The van der Waals surface area contributed by atoms with Crippen molar-refractivity contribution in [3.05, 3.63) is 47.6 Å². The molecule has 0 fully saturated rings. The van der Waals surface area contributed by atoms with Crippen molar-refractivity contribution in [2.45, 2.75) is 30.0 Å². The van der Waals surface area contributed by atoms with Gasteiger partial charge in [0.15, 0.2) is 0 Å². The molecule has 0 spiro atoms. The minimum absolute atomic E-state index is 0.149. The molecule has 122 valence electrons. The fourth-order valence-electron chi connectivity index (χ4n) is 3.05. The van der Waals surface area contributed by atoms with Crippen LogP contribution in [0.4, 0.5) is 5.69 Å². The number of carbonyl (C=O) groups is 1. The van der Waals surface area contributed by atoms with Crippen molar-refractivity contribution in [2.24, 2.45) is 0 Å². The summed E-state index contributed by atoms with van der Waals surface area (Å²) in [5.41, 5.74) is 3.27. The maximum absolute atomic E-state index is 13.0. The molecule has 4 nitrogen and oxygen atoms in total. The number of thiophene rings is 1. The Kier molecular flexibility index (Phi) is 4.24. The lowest BCUT2D eigenvalue weighted by Gasteiger charge is -2.31. The fourth-order valence-corrected chi connectivity index (χ4v) is 4.95. The van der Waals surface area contributed by atoms with Gasteiger partial charge in [-0.2, -0.15) is 0 Å². The van der Waals surface area contributed by atoms with Crippen molar-refractivity contribution in [3.8, 4) is 0 Å². The van der Waals surface area contributed by atoms with Gasteiger partial charge in [-0.25, -0.2) is 9.97 Å². The van der Waals surface area contributed by atoms with Gasteiger partial charge in [-0.1, -0.05) is 30.0 Å². The largest absolute Gasteiger partial charge is 0.311 e. The summed E-state index contributed by atoms with van der Waals surface area (Å²) in [4.78, 5) is 23.6. The quantitative estimate of drug-likeness (QED) is 0.523. The van der Waals surface area contributed by atoms with E-state index >= 15 is 0 Å². The highest BCUT2D eigenvalue weighted by molar-refractivity contribution is 8.00. The highest BCUT2D eigenvalue weighted by Gasteiger charge is 2.27. The number of fused-ring (bicyclic) bond motifs is 2. The van der Waals surface area contributed by atoms with Crippen LogP contribution in [0.1, 0.15) is 18.9 Å². The number of aryl methyl sites for hydroxylation is 1. The monoisotopic (exact) mass is 355 g/mol. The van der Waals surface area contributed by atoms with E-state index < -0.39 is 0 Å². The molecule has 4 rings (SSSR count). The predicted octanol–water partition coefficient (Wildman–Crippen LogP) is 4.15. The zero-order valence-electron chi connectivity index (χ0n) is 13.3. The van der Waals surface area contributed by atoms with Gasteiger partial charge < -0.3 is 4.90 Å². The number of anilines is 1. The van der Waals surface area contributed by atoms with Crippen LogP contribution in [0, 0.1) is 0 Å². The molecule has 1 amide bonds. The first-order valence-corrected chi connectivity index (χ1v) is 9.74. The first-order valence-electron chi connectivity index (χ1n) is 7.98. The Bertz CT molecular complexity index is 893. The van der Waals surface area contributed by atoms with Crippen LogP contribution in [0.5, 0.6) is 0 Å². The van der Waals surface area contributed by atoms with E-state index in [2.05, 4.69) is 16.0 Å². The Labute approximate surface area is 148 Å². The topological polar surface area (TPSA) is 46.1 Å². The molecule has 1 unspecified atom stereocenters. The molecule has 1 atom stereocenters. The molecule has 0 bridgehead atoms. The zero-order valence-corrected chi connectivity index (χ0v) is 14.9. The minimum atomic E-state index is -0.184. The molecule has 0 saturated carbocycles. The summed E-state index contributed by atoms with van der Waals surface area (Å²) in [7, 11) is 0. The van der Waals surface area contributed by atoms with E-state index in [4.69, 9.17) is 0 Å². The van der Waals surface area contributed by atoms with Crippen molar-refractivity contribution in [2.75, 3.05) is 11.4 Å². The molecule has 0 saturated heterocycles. The smallest absolute Gasteiger partial charge is 0.240 e. The second kappa shape index (κ2) is 6.53. The highest BCUT2D eigenvalue weighted by Crippen LogP contribution is 2.34. The maximum atomic E-state index is 13.0. The van der Waals surface area contributed by atoms with Crippen LogP contribution in [0.2, 0.25) is 0 Å². The molecule has 24 heavy (non-hydrogen) atoms. The van der Waals surface area contributed by atoms with Gasteiger partial charge in [0.05, 0.1) is 15.5 Å². The Morgan fingerprint density at radius 2 is 2.17 bits per heavy atom. The van der Waals surface area contributed by atoms with Gasteiger partial charge in [0.25, 0.3) is 0 Å². The SMILES string of the molecule is CC(Sc1ncnc2ccsc12)C(=O)N1CCCc2ccccc21. The van der Waals surface area contributed by atoms with E-state index in [1.165, 1.54) is 17.3 Å². The maximum Gasteiger partial charge on any atom is 0.240 e. The second-order valence-corrected chi connectivity index (χ2v) is 8.04. The number of para-hydroxylation sites is 1. The molecule has 0 radical (unpaired) electrons. The van der Waals surface area contributed by atoms with Crippen LogP contribution in [0.15, 0.2) is 47.1 Å². The molecule has 2 aromatic heterocycles. The van der Waals surface area contributed by atoms with Gasteiger partial charge in [-0.05, 0) is 42.8 Å². The summed E-state index contributed by atoms with van der Waals surface area (Å²) < 4.78 is 1.06. The number of carbonyl (C=O) groups excluding carboxylic acids is 1. The van der Waals surface area contributed by atoms with Crippen LogP contribution in [-0.2, 0) is 11.2 Å². The third-order valence-corrected chi connectivity index (χ3v) is 6.35. The van der Waals surface area contributed by atoms with Crippen molar-refractivity contribution in [3.63, 3.8) is 0 Å². The number of nitrogens with zero attached hydrogens (tertiary/aromatic N) is 3. The van der Waals surface area contributed by atoms with Gasteiger partial charge in [0.2, 0.25) is 5.91 Å². The van der Waals surface area contributed by atoms with Crippen LogP contribution in [0.25, 0.3) is 10.2 Å². The minimum Gasteiger partial charge on any atom is -0.311 e. The first kappa shape index (κ1) is 15.6. The molecule has 0 N–H and O–H groups in total. The van der Waals surface area contributed by atoms with Gasteiger partial charge in [0.1, 0.15) is 11.4 Å². The first-order chi connectivity index (χ1) is 11.7. The number of aromatic nitrogens is 2. The number of amides is 1. The normalized spacial score (nSPS) is 15.3. The Morgan fingerprint density at radius 1 is 1.29 bits per heavy atom. The highest BCUT2D eigenvalue weighted by atomic mass is 32.2. The van der Waals surface area contributed by atoms with Crippen LogP contribution < -0.4 is 4.90 Å². The molecule has 1 aromatic carbocycles. The van der Waals surface area contributed by atoms with Crippen LogP contribution >= 0.6 is 23.1 Å². The number of hydrogen-bond acceptors (Lipinski definition) is 5. The molecule has 1 aliphatic heterocycles. The van der Waals surface area contributed by atoms with Crippen molar-refractivity contribution in [1.82, 2.24) is 9.97 Å². The summed E-state index contributed by atoms with van der Waals surface area (Å²) in [5.74, 6) is 0.149. The average molecular weight is 355 g/mol. The van der Waals surface area contributed by atoms with E-state index in [0.717, 1.165) is 40.3 Å². The summed E-state index contributed by atoms with van der Waals surface area (Å²) >= 11 is 3.14. The van der Waals surface area contributed by atoms with E-state index in [9.17, 15) is 4.79 Å². The Morgan fingerprint density at radius 3 is 3.08 bits per heavy atom. The second-order valence-electron chi connectivity index (χ2n) is 5.80. The molecule has 6 heteroatoms. The summed E-state index contributed by atoms with van der Waals surface area (Å²) in [5, 5.41) is 2.72. The molecule has 1 aliphatic rings. The third-order valence-electron chi connectivity index (χ3n) is 4.22. The standard InChI is InChI=1S/C18H17N3OS2/c1-12(24-17-16-14(8-10-23-16)19-11-20-17)18(22)21-9-4-6-13-5-2-3-7-15(13)21/h2-3,5,7-8,10-12H,4,6,9H2,1H3. The lowest BCUT2D eigenvalue weighted by molar-refractivity contribution is -0.117.